The predicted octanol–water partition coefficient (Wildman–Crippen LogP) is 3.37. The summed E-state index contributed by atoms with van der Waals surface area (Å²) >= 11 is -0.254. The fraction of sp³-hybridized carbons (Fsp3) is 0.231. The van der Waals surface area contributed by atoms with Crippen LogP contribution in [-0.2, 0) is 10.0 Å². The number of benzene rings is 2. The largest absolute Gasteiger partial charge is 0.441 e. The lowest BCUT2D eigenvalue weighted by Crippen LogP contribution is -2.27. The number of thioether (sulfide) groups is 1. The molecule has 0 amide bonds. The van der Waals surface area contributed by atoms with Crippen LogP contribution in [0.4, 0.5) is 13.2 Å². The second kappa shape index (κ2) is 6.25. The Kier molecular flexibility index (Phi) is 4.80. The Hall–Kier alpha value is -1.25. The number of hydrogen-bond donors (Lipinski definition) is 1. The Balaban J connectivity index is 2.15. The Bertz CT molecular complexity index is 724. The zero-order valence-corrected chi connectivity index (χ0v) is 12.4. The highest BCUT2D eigenvalue weighted by Gasteiger charge is 2.27. The van der Waals surface area contributed by atoms with E-state index in [0.29, 0.717) is 5.39 Å². The highest BCUT2D eigenvalue weighted by molar-refractivity contribution is 8.00. The van der Waals surface area contributed by atoms with Crippen molar-refractivity contribution in [1.82, 2.24) is 4.72 Å². The molecule has 0 unspecified atom stereocenters. The first-order valence-electron chi connectivity index (χ1n) is 5.98. The van der Waals surface area contributed by atoms with Gasteiger partial charge in [0.05, 0.1) is 4.90 Å². The third-order valence-corrected chi connectivity index (χ3v) is 4.95. The summed E-state index contributed by atoms with van der Waals surface area (Å²) in [5, 5.41) is 1.29. The maximum atomic E-state index is 12.2. The number of hydrogen-bond acceptors (Lipinski definition) is 3. The molecular formula is C13H12F3NO2S2. The van der Waals surface area contributed by atoms with Crippen molar-refractivity contribution in [1.29, 1.82) is 0 Å². The van der Waals surface area contributed by atoms with Gasteiger partial charge in [0.2, 0.25) is 10.0 Å². The SMILES string of the molecule is O=S(=O)(NCCSC(F)(F)F)c1cccc2ccccc12. The first kappa shape index (κ1) is 16.1. The van der Waals surface area contributed by atoms with E-state index < -0.39 is 15.5 Å². The topological polar surface area (TPSA) is 46.2 Å². The standard InChI is InChI=1S/C13H12F3NO2S2/c14-13(15,16)20-9-8-17-21(18,19)12-7-3-5-10-4-1-2-6-11(10)12/h1-7,17H,8-9H2. The molecule has 21 heavy (non-hydrogen) atoms. The van der Waals surface area contributed by atoms with Gasteiger partial charge in [-0.3, -0.25) is 0 Å². The summed E-state index contributed by atoms with van der Waals surface area (Å²) in [4.78, 5) is 0.0672. The van der Waals surface area contributed by atoms with Crippen molar-refractivity contribution in [3.8, 4) is 0 Å². The van der Waals surface area contributed by atoms with Crippen molar-refractivity contribution in [2.24, 2.45) is 0 Å². The molecule has 114 valence electrons. The third kappa shape index (κ3) is 4.36. The Labute approximate surface area is 124 Å². The fourth-order valence-electron chi connectivity index (χ4n) is 1.85. The van der Waals surface area contributed by atoms with E-state index in [1.54, 1.807) is 36.4 Å². The average Bonchev–Trinajstić information content (AvgIpc) is 2.42. The van der Waals surface area contributed by atoms with Gasteiger partial charge in [0.15, 0.2) is 0 Å². The zero-order valence-electron chi connectivity index (χ0n) is 10.7. The van der Waals surface area contributed by atoms with Gasteiger partial charge in [-0.1, -0.05) is 36.4 Å². The molecule has 0 spiro atoms. The highest BCUT2D eigenvalue weighted by atomic mass is 32.2. The second-order valence-electron chi connectivity index (χ2n) is 4.17. The van der Waals surface area contributed by atoms with Gasteiger partial charge in [0.1, 0.15) is 0 Å². The van der Waals surface area contributed by atoms with Crippen LogP contribution in [0.5, 0.6) is 0 Å². The van der Waals surface area contributed by atoms with Crippen molar-refractivity contribution in [2.75, 3.05) is 12.3 Å². The monoisotopic (exact) mass is 335 g/mol. The number of fused-ring (bicyclic) bond motifs is 1. The third-order valence-electron chi connectivity index (χ3n) is 2.70. The molecule has 0 saturated carbocycles. The van der Waals surface area contributed by atoms with E-state index in [-0.39, 0.29) is 29.0 Å². The summed E-state index contributed by atoms with van der Waals surface area (Å²) in [5.41, 5.74) is -4.36. The summed E-state index contributed by atoms with van der Waals surface area (Å²) < 4.78 is 62.5. The number of alkyl halides is 3. The number of sulfonamides is 1. The molecule has 0 radical (unpaired) electrons. The van der Waals surface area contributed by atoms with Gasteiger partial charge >= 0.3 is 5.51 Å². The maximum absolute atomic E-state index is 12.2. The predicted molar refractivity (Wildman–Crippen MR) is 77.6 cm³/mol. The summed E-state index contributed by atoms with van der Waals surface area (Å²) in [6, 6.07) is 11.7. The fourth-order valence-corrected chi connectivity index (χ4v) is 3.67. The molecular weight excluding hydrogens is 323 g/mol. The molecule has 0 aliphatic rings. The maximum Gasteiger partial charge on any atom is 0.441 e. The van der Waals surface area contributed by atoms with Crippen molar-refractivity contribution >= 4 is 32.6 Å². The minimum absolute atomic E-state index is 0.0672. The average molecular weight is 335 g/mol. The highest BCUT2D eigenvalue weighted by Crippen LogP contribution is 2.29. The van der Waals surface area contributed by atoms with Crippen molar-refractivity contribution < 1.29 is 21.6 Å². The van der Waals surface area contributed by atoms with Crippen LogP contribution < -0.4 is 4.72 Å². The van der Waals surface area contributed by atoms with Crippen molar-refractivity contribution in [2.45, 2.75) is 10.4 Å². The lowest BCUT2D eigenvalue weighted by Gasteiger charge is -2.10. The van der Waals surface area contributed by atoms with Crippen molar-refractivity contribution in [3.05, 3.63) is 42.5 Å². The van der Waals surface area contributed by atoms with Crippen LogP contribution in [0.2, 0.25) is 0 Å². The van der Waals surface area contributed by atoms with Gasteiger partial charge in [0, 0.05) is 17.7 Å². The summed E-state index contributed by atoms with van der Waals surface area (Å²) in [6.45, 7) is -0.282. The van der Waals surface area contributed by atoms with Crippen LogP contribution in [0.3, 0.4) is 0 Å². The molecule has 1 N–H and O–H groups in total. The molecule has 0 aliphatic carbocycles. The van der Waals surface area contributed by atoms with E-state index in [0.717, 1.165) is 5.39 Å². The van der Waals surface area contributed by atoms with Gasteiger partial charge in [-0.15, -0.1) is 0 Å². The second-order valence-corrected chi connectivity index (χ2v) is 7.06. The molecule has 0 aromatic heterocycles. The molecule has 0 heterocycles. The smallest absolute Gasteiger partial charge is 0.210 e. The minimum atomic E-state index is -4.36. The van der Waals surface area contributed by atoms with Gasteiger partial charge < -0.3 is 0 Å². The Morgan fingerprint density at radius 2 is 1.71 bits per heavy atom. The van der Waals surface area contributed by atoms with E-state index in [2.05, 4.69) is 4.72 Å². The van der Waals surface area contributed by atoms with Crippen LogP contribution in [0.15, 0.2) is 47.4 Å². The number of nitrogens with one attached hydrogen (secondary N) is 1. The van der Waals surface area contributed by atoms with E-state index >= 15 is 0 Å². The summed E-state index contributed by atoms with van der Waals surface area (Å²) in [5.74, 6) is -0.368. The van der Waals surface area contributed by atoms with Gasteiger partial charge in [0.25, 0.3) is 0 Å². The molecule has 3 nitrogen and oxygen atoms in total. The summed E-state index contributed by atoms with van der Waals surface area (Å²) in [7, 11) is -3.84. The van der Waals surface area contributed by atoms with E-state index in [9.17, 15) is 21.6 Å². The number of rotatable bonds is 5. The molecule has 0 bridgehead atoms. The molecule has 0 saturated heterocycles. The van der Waals surface area contributed by atoms with Gasteiger partial charge in [-0.05, 0) is 23.2 Å². The number of halogens is 3. The molecule has 2 aromatic rings. The van der Waals surface area contributed by atoms with Gasteiger partial charge in [-0.25, -0.2) is 13.1 Å². The van der Waals surface area contributed by atoms with E-state index in [1.165, 1.54) is 6.07 Å². The van der Waals surface area contributed by atoms with Crippen LogP contribution >= 0.6 is 11.8 Å². The van der Waals surface area contributed by atoms with Crippen LogP contribution in [0.1, 0.15) is 0 Å². The van der Waals surface area contributed by atoms with Gasteiger partial charge in [-0.2, -0.15) is 13.2 Å². The van der Waals surface area contributed by atoms with E-state index in [1.807, 2.05) is 0 Å². The molecule has 2 rings (SSSR count). The molecule has 8 heteroatoms. The zero-order chi connectivity index (χ0) is 15.5. The Morgan fingerprint density at radius 3 is 2.43 bits per heavy atom. The first-order chi connectivity index (χ1) is 9.80. The summed E-state index contributed by atoms with van der Waals surface area (Å²) in [6.07, 6.45) is 0. The lowest BCUT2D eigenvalue weighted by atomic mass is 10.1. The molecule has 2 aromatic carbocycles. The molecule has 0 fully saturated rings. The minimum Gasteiger partial charge on any atom is -0.210 e. The van der Waals surface area contributed by atoms with Crippen LogP contribution in [0, 0.1) is 0 Å². The molecule has 0 atom stereocenters. The van der Waals surface area contributed by atoms with Crippen LogP contribution in [-0.4, -0.2) is 26.2 Å². The normalized spacial score (nSPS) is 12.7. The van der Waals surface area contributed by atoms with Crippen LogP contribution in [0.25, 0.3) is 10.8 Å². The first-order valence-corrected chi connectivity index (χ1v) is 8.45. The van der Waals surface area contributed by atoms with Crippen molar-refractivity contribution in [3.63, 3.8) is 0 Å². The van der Waals surface area contributed by atoms with E-state index in [4.69, 9.17) is 0 Å². The lowest BCUT2D eigenvalue weighted by molar-refractivity contribution is -0.0327. The molecule has 0 aliphatic heterocycles. The quantitative estimate of drug-likeness (QED) is 0.852. The Morgan fingerprint density at radius 1 is 1.05 bits per heavy atom.